The molecule has 17 heavy (non-hydrogen) atoms. The maximum atomic E-state index is 11.9. The lowest BCUT2D eigenvalue weighted by Crippen LogP contribution is -2.22. The first-order valence-corrected chi connectivity index (χ1v) is 5.45. The largest absolute Gasteiger partial charge is 0.293 e. The number of carbonyl (C=O) groups excluding carboxylic acids is 1. The van der Waals surface area contributed by atoms with Crippen LogP contribution < -0.4 is 0 Å². The minimum absolute atomic E-state index is 0.0901. The number of pyridine rings is 1. The lowest BCUT2D eigenvalue weighted by atomic mass is 10.1. The van der Waals surface area contributed by atoms with Crippen molar-refractivity contribution in [2.75, 3.05) is 0 Å². The highest BCUT2D eigenvalue weighted by molar-refractivity contribution is 5.96. The molecule has 0 fully saturated rings. The molecule has 1 aromatic rings. The molecule has 1 unspecified atom stereocenters. The summed E-state index contributed by atoms with van der Waals surface area (Å²) in [6, 6.07) is 3.20. The Bertz CT molecular complexity index is 503. The van der Waals surface area contributed by atoms with E-state index in [1.807, 2.05) is 6.08 Å². The van der Waals surface area contributed by atoms with Crippen LogP contribution in [-0.2, 0) is 0 Å². The molecule has 1 aromatic heterocycles. The van der Waals surface area contributed by atoms with Crippen LogP contribution >= 0.6 is 0 Å². The van der Waals surface area contributed by atoms with Crippen molar-refractivity contribution in [3.05, 3.63) is 58.9 Å². The molecule has 86 valence electrons. The summed E-state index contributed by atoms with van der Waals surface area (Å²) in [7, 11) is 0. The number of ketones is 1. The van der Waals surface area contributed by atoms with Crippen LogP contribution in [0.5, 0.6) is 0 Å². The molecule has 4 heteroatoms. The number of hydrogen-bond acceptors (Lipinski definition) is 3. The van der Waals surface area contributed by atoms with Crippen molar-refractivity contribution in [2.45, 2.75) is 19.4 Å². The molecule has 4 nitrogen and oxygen atoms in total. The van der Waals surface area contributed by atoms with E-state index in [1.165, 1.54) is 6.20 Å². The zero-order valence-corrected chi connectivity index (χ0v) is 9.54. The van der Waals surface area contributed by atoms with Gasteiger partial charge >= 0.3 is 0 Å². The molecule has 0 radical (unpaired) electrons. The third-order valence-electron chi connectivity index (χ3n) is 2.66. The van der Waals surface area contributed by atoms with E-state index in [1.54, 1.807) is 37.4 Å². The van der Waals surface area contributed by atoms with Gasteiger partial charge in [0, 0.05) is 40.6 Å². The molecule has 0 N–H and O–H groups in total. The highest BCUT2D eigenvalue weighted by atomic mass is 16.3. The van der Waals surface area contributed by atoms with Gasteiger partial charge in [-0.3, -0.25) is 9.78 Å². The Morgan fingerprint density at radius 2 is 2.35 bits per heavy atom. The van der Waals surface area contributed by atoms with E-state index in [-0.39, 0.29) is 18.2 Å². The van der Waals surface area contributed by atoms with Crippen LogP contribution in [0.1, 0.15) is 23.7 Å². The number of hydrogen-bond donors (Lipinski definition) is 0. The summed E-state index contributed by atoms with van der Waals surface area (Å²) in [5.41, 5.74) is 1.03. The first kappa shape index (κ1) is 11.4. The highest BCUT2D eigenvalue weighted by Gasteiger charge is 2.28. The maximum Gasteiger partial charge on any atom is 0.241 e. The first-order valence-electron chi connectivity index (χ1n) is 5.45. The Morgan fingerprint density at radius 1 is 1.53 bits per heavy atom. The van der Waals surface area contributed by atoms with Gasteiger partial charge in [-0.25, -0.2) is 0 Å². The van der Waals surface area contributed by atoms with Gasteiger partial charge in [-0.1, -0.05) is 6.08 Å². The molecule has 0 saturated heterocycles. The van der Waals surface area contributed by atoms with Crippen LogP contribution in [0.15, 0.2) is 48.5 Å². The first-order chi connectivity index (χ1) is 8.18. The van der Waals surface area contributed by atoms with E-state index >= 15 is 0 Å². The average molecular weight is 229 g/mol. The van der Waals surface area contributed by atoms with E-state index in [4.69, 9.17) is 0 Å². The molecular weight excluding hydrogens is 216 g/mol. The molecule has 0 saturated carbocycles. The number of allylic oxidation sites excluding steroid dienone is 3. The average Bonchev–Trinajstić information content (AvgIpc) is 2.36. The lowest BCUT2D eigenvalue weighted by molar-refractivity contribution is -0.525. The Balaban J connectivity index is 2.12. The molecule has 1 aliphatic rings. The van der Waals surface area contributed by atoms with Crippen molar-refractivity contribution in [3.63, 3.8) is 0 Å². The lowest BCUT2D eigenvalue weighted by Gasteiger charge is -2.05. The standard InChI is InChI=1S/C13H13N2O2/c1-10-4-2-6-12(15(10)17)8-13(16)11-5-3-7-14-9-11/h2-7,9-10H,8H2,1H3/q+1. The maximum absolute atomic E-state index is 11.9. The molecule has 0 aromatic carbocycles. The summed E-state index contributed by atoms with van der Waals surface area (Å²) in [4.78, 5) is 27.5. The number of aromatic nitrogens is 1. The smallest absolute Gasteiger partial charge is 0.241 e. The van der Waals surface area contributed by atoms with Gasteiger partial charge in [-0.15, -0.1) is 0 Å². The quantitative estimate of drug-likeness (QED) is 0.590. The summed E-state index contributed by atoms with van der Waals surface area (Å²) < 4.78 is 0.869. The van der Waals surface area contributed by atoms with Gasteiger partial charge in [0.1, 0.15) is 6.42 Å². The van der Waals surface area contributed by atoms with Crippen molar-refractivity contribution in [1.29, 1.82) is 0 Å². The number of carbonyl (C=O) groups is 1. The molecule has 0 aliphatic carbocycles. The minimum atomic E-state index is -0.211. The SMILES string of the molecule is CC1C=CC=C(CC(=O)c2cccnc2)[N+]1=O. The van der Waals surface area contributed by atoms with Crippen molar-refractivity contribution in [2.24, 2.45) is 0 Å². The van der Waals surface area contributed by atoms with E-state index in [9.17, 15) is 9.70 Å². The molecule has 1 atom stereocenters. The van der Waals surface area contributed by atoms with Gasteiger partial charge in [0.15, 0.2) is 5.78 Å². The van der Waals surface area contributed by atoms with E-state index in [2.05, 4.69) is 4.98 Å². The summed E-state index contributed by atoms with van der Waals surface area (Å²) >= 11 is 0. The Labute approximate surface area is 99.3 Å². The number of rotatable bonds is 3. The van der Waals surface area contributed by atoms with Gasteiger partial charge in [0.25, 0.3) is 0 Å². The van der Waals surface area contributed by atoms with Crippen molar-refractivity contribution in [3.8, 4) is 0 Å². The summed E-state index contributed by atoms with van der Waals surface area (Å²) in [5.74, 6) is -0.0901. The Hall–Kier alpha value is -2.10. The fourth-order valence-corrected chi connectivity index (χ4v) is 1.67. The number of nitroso groups, excluding NO2 is 1. The van der Waals surface area contributed by atoms with Crippen LogP contribution in [0.25, 0.3) is 0 Å². The van der Waals surface area contributed by atoms with E-state index in [0.29, 0.717) is 11.3 Å². The molecule has 1 aliphatic heterocycles. The Kier molecular flexibility index (Phi) is 3.23. The molecule has 2 rings (SSSR count). The van der Waals surface area contributed by atoms with Crippen LogP contribution in [-0.4, -0.2) is 21.6 Å². The predicted molar refractivity (Wildman–Crippen MR) is 63.5 cm³/mol. The minimum Gasteiger partial charge on any atom is -0.293 e. The van der Waals surface area contributed by atoms with E-state index < -0.39 is 0 Å². The highest BCUT2D eigenvalue weighted by Crippen LogP contribution is 2.15. The zero-order chi connectivity index (χ0) is 12.3. The summed E-state index contributed by atoms with van der Waals surface area (Å²) in [6.45, 7) is 1.80. The molecule has 0 bridgehead atoms. The van der Waals surface area contributed by atoms with E-state index in [0.717, 1.165) is 4.76 Å². The second-order valence-corrected chi connectivity index (χ2v) is 3.95. The van der Waals surface area contributed by atoms with Gasteiger partial charge in [0.05, 0.1) is 0 Å². The third kappa shape index (κ3) is 2.53. The molecule has 0 spiro atoms. The van der Waals surface area contributed by atoms with Crippen LogP contribution in [0.4, 0.5) is 0 Å². The normalized spacial score (nSPS) is 19.0. The second-order valence-electron chi connectivity index (χ2n) is 3.95. The van der Waals surface area contributed by atoms with Gasteiger partial charge < -0.3 is 0 Å². The van der Waals surface area contributed by atoms with Crippen LogP contribution in [0, 0.1) is 4.91 Å². The topological polar surface area (TPSA) is 50.0 Å². The predicted octanol–water partition coefficient (Wildman–Crippen LogP) is 2.28. The Morgan fingerprint density at radius 3 is 3.06 bits per heavy atom. The fourth-order valence-electron chi connectivity index (χ4n) is 1.67. The summed E-state index contributed by atoms with van der Waals surface area (Å²) in [6.07, 6.45) is 8.53. The van der Waals surface area contributed by atoms with Gasteiger partial charge in [-0.05, 0) is 18.2 Å². The molecular formula is C13H13N2O2+. The number of Topliss-reactive ketones (excluding diaryl/α,β-unsaturated/α-hetero) is 1. The zero-order valence-electron chi connectivity index (χ0n) is 9.54. The second kappa shape index (κ2) is 4.82. The van der Waals surface area contributed by atoms with Crippen LogP contribution in [0.3, 0.4) is 0 Å². The molecule has 0 amide bonds. The molecule has 2 heterocycles. The summed E-state index contributed by atoms with van der Waals surface area (Å²) in [5, 5.41) is 0. The van der Waals surface area contributed by atoms with Crippen molar-refractivity contribution in [1.82, 2.24) is 4.98 Å². The van der Waals surface area contributed by atoms with Gasteiger partial charge in [-0.2, -0.15) is 0 Å². The monoisotopic (exact) mass is 229 g/mol. The van der Waals surface area contributed by atoms with Crippen LogP contribution in [0.2, 0.25) is 0 Å². The number of nitrogens with zero attached hydrogens (tertiary/aromatic N) is 2. The third-order valence-corrected chi connectivity index (χ3v) is 2.66. The van der Waals surface area contributed by atoms with Crippen molar-refractivity contribution >= 4 is 5.78 Å². The fraction of sp³-hybridized carbons (Fsp3) is 0.231. The van der Waals surface area contributed by atoms with Gasteiger partial charge in [0.2, 0.25) is 11.7 Å². The van der Waals surface area contributed by atoms with Crippen molar-refractivity contribution < 1.29 is 9.55 Å².